The molecule has 0 amide bonds. The van der Waals surface area contributed by atoms with Crippen LogP contribution in [0.1, 0.15) is 24.4 Å². The minimum atomic E-state index is -0.123. The maximum Gasteiger partial charge on any atom is 0.191 e. The highest BCUT2D eigenvalue weighted by Gasteiger charge is 2.12. The van der Waals surface area contributed by atoms with E-state index in [4.69, 9.17) is 16.3 Å². The van der Waals surface area contributed by atoms with Gasteiger partial charge in [-0.25, -0.2) is 9.98 Å². The van der Waals surface area contributed by atoms with Crippen molar-refractivity contribution in [3.63, 3.8) is 0 Å². The number of hydrogen-bond acceptors (Lipinski definition) is 4. The quantitative estimate of drug-likeness (QED) is 0.363. The fourth-order valence-electron chi connectivity index (χ4n) is 2.19. The number of halogens is 2. The van der Waals surface area contributed by atoms with Crippen molar-refractivity contribution < 1.29 is 4.74 Å². The van der Waals surface area contributed by atoms with Crippen molar-refractivity contribution in [2.75, 3.05) is 20.2 Å². The molecule has 0 aliphatic carbocycles. The van der Waals surface area contributed by atoms with Gasteiger partial charge in [0.2, 0.25) is 0 Å². The number of methoxy groups -OCH3 is 1. The third-order valence-corrected chi connectivity index (χ3v) is 3.72. The Morgan fingerprint density at radius 2 is 2.20 bits per heavy atom. The van der Waals surface area contributed by atoms with E-state index in [1.807, 2.05) is 38.2 Å². The maximum absolute atomic E-state index is 6.05. The van der Waals surface area contributed by atoms with Crippen molar-refractivity contribution in [2.24, 2.45) is 12.0 Å². The minimum absolute atomic E-state index is 0. The van der Waals surface area contributed by atoms with E-state index in [2.05, 4.69) is 25.7 Å². The first-order valence-corrected chi connectivity index (χ1v) is 8.15. The van der Waals surface area contributed by atoms with E-state index in [1.165, 1.54) is 6.33 Å². The van der Waals surface area contributed by atoms with Gasteiger partial charge < -0.3 is 15.4 Å². The number of nitrogens with zero attached hydrogens (tertiary/aromatic N) is 4. The van der Waals surface area contributed by atoms with Crippen molar-refractivity contribution >= 4 is 41.5 Å². The van der Waals surface area contributed by atoms with Crippen LogP contribution in [-0.4, -0.2) is 40.9 Å². The van der Waals surface area contributed by atoms with Crippen molar-refractivity contribution in [2.45, 2.75) is 19.6 Å². The zero-order chi connectivity index (χ0) is 17.4. The van der Waals surface area contributed by atoms with Crippen LogP contribution in [0.25, 0.3) is 0 Å². The number of benzene rings is 1. The van der Waals surface area contributed by atoms with Crippen molar-refractivity contribution in [3.8, 4) is 0 Å². The van der Waals surface area contributed by atoms with Crippen LogP contribution in [-0.2, 0) is 18.3 Å². The molecular formula is C16H24ClIN6O. The largest absolute Gasteiger partial charge is 0.375 e. The minimum Gasteiger partial charge on any atom is -0.375 e. The number of nitrogens with one attached hydrogen (secondary N) is 2. The normalized spacial score (nSPS) is 12.4. The molecule has 0 spiro atoms. The lowest BCUT2D eigenvalue weighted by molar-refractivity contribution is 0.106. The topological polar surface area (TPSA) is 76.4 Å². The van der Waals surface area contributed by atoms with Crippen LogP contribution < -0.4 is 10.6 Å². The maximum atomic E-state index is 6.05. The van der Waals surface area contributed by atoms with Crippen LogP contribution in [0.15, 0.2) is 35.6 Å². The molecule has 7 nitrogen and oxygen atoms in total. The summed E-state index contributed by atoms with van der Waals surface area (Å²) in [6.07, 6.45) is 1.40. The van der Waals surface area contributed by atoms with E-state index < -0.39 is 0 Å². The van der Waals surface area contributed by atoms with E-state index in [9.17, 15) is 0 Å². The Hall–Kier alpha value is -1.39. The Kier molecular flexibility index (Phi) is 9.76. The standard InChI is InChI=1S/C16H23ClN6O.HI/c1-4-18-16(20-10-15-21-11-22-23(15)2)19-9-14(24-3)12-6-5-7-13(17)8-12;/h5-8,11,14H,4,9-10H2,1-3H3,(H2,18,19,20);1H. The van der Waals surface area contributed by atoms with Gasteiger partial charge in [-0.1, -0.05) is 23.7 Å². The SMILES string of the molecule is CCNC(=NCc1ncnn1C)NCC(OC)c1cccc(Cl)c1.I. The number of guanidine groups is 1. The Bertz CT molecular complexity index is 678. The first kappa shape index (κ1) is 21.7. The molecular weight excluding hydrogens is 455 g/mol. The second-order valence-electron chi connectivity index (χ2n) is 5.16. The summed E-state index contributed by atoms with van der Waals surface area (Å²) in [7, 11) is 3.52. The van der Waals surface area contributed by atoms with Gasteiger partial charge in [-0.05, 0) is 24.6 Å². The van der Waals surface area contributed by atoms with Gasteiger partial charge in [-0.3, -0.25) is 4.68 Å². The van der Waals surface area contributed by atoms with Crippen molar-refractivity contribution in [1.29, 1.82) is 0 Å². The molecule has 138 valence electrons. The molecule has 1 aromatic heterocycles. The van der Waals surface area contributed by atoms with Gasteiger partial charge in [0.25, 0.3) is 0 Å². The molecule has 1 atom stereocenters. The number of rotatable bonds is 7. The monoisotopic (exact) mass is 478 g/mol. The van der Waals surface area contributed by atoms with E-state index >= 15 is 0 Å². The number of ether oxygens (including phenoxy) is 1. The van der Waals surface area contributed by atoms with Crippen LogP contribution in [0.2, 0.25) is 5.02 Å². The van der Waals surface area contributed by atoms with Crippen LogP contribution in [0.4, 0.5) is 0 Å². The average molecular weight is 479 g/mol. The molecule has 1 aromatic carbocycles. The summed E-state index contributed by atoms with van der Waals surface area (Å²) in [5.74, 6) is 1.50. The highest BCUT2D eigenvalue weighted by Crippen LogP contribution is 2.19. The predicted molar refractivity (Wildman–Crippen MR) is 110 cm³/mol. The molecule has 0 radical (unpaired) electrons. The van der Waals surface area contributed by atoms with Gasteiger partial charge in [0, 0.05) is 32.3 Å². The highest BCUT2D eigenvalue weighted by atomic mass is 127. The van der Waals surface area contributed by atoms with Crippen molar-refractivity contribution in [1.82, 2.24) is 25.4 Å². The van der Waals surface area contributed by atoms with Gasteiger partial charge in [0.05, 0.1) is 6.10 Å². The molecule has 25 heavy (non-hydrogen) atoms. The molecule has 0 fully saturated rings. The number of aromatic nitrogens is 3. The predicted octanol–water partition coefficient (Wildman–Crippen LogP) is 2.53. The molecule has 0 saturated carbocycles. The summed E-state index contributed by atoms with van der Waals surface area (Å²) < 4.78 is 7.26. The molecule has 0 aliphatic heterocycles. The first-order chi connectivity index (χ1) is 11.6. The number of hydrogen-bond donors (Lipinski definition) is 2. The summed E-state index contributed by atoms with van der Waals surface area (Å²) in [4.78, 5) is 8.69. The van der Waals surface area contributed by atoms with Crippen LogP contribution in [0.5, 0.6) is 0 Å². The zero-order valence-corrected chi connectivity index (χ0v) is 17.7. The van der Waals surface area contributed by atoms with Crippen LogP contribution in [0, 0.1) is 0 Å². The Balaban J connectivity index is 0.00000312. The van der Waals surface area contributed by atoms with Gasteiger partial charge in [0.1, 0.15) is 18.7 Å². The molecule has 0 saturated heterocycles. The molecule has 2 N–H and O–H groups in total. The van der Waals surface area contributed by atoms with Gasteiger partial charge in [0.15, 0.2) is 5.96 Å². The van der Waals surface area contributed by atoms with E-state index in [0.717, 1.165) is 17.9 Å². The Morgan fingerprint density at radius 3 is 2.80 bits per heavy atom. The lowest BCUT2D eigenvalue weighted by Crippen LogP contribution is -2.39. The van der Waals surface area contributed by atoms with Gasteiger partial charge in [-0.15, -0.1) is 24.0 Å². The summed E-state index contributed by atoms with van der Waals surface area (Å²) in [5.41, 5.74) is 1.02. The molecule has 2 rings (SSSR count). The zero-order valence-electron chi connectivity index (χ0n) is 14.6. The summed E-state index contributed by atoms with van der Waals surface area (Å²) >= 11 is 6.05. The summed E-state index contributed by atoms with van der Waals surface area (Å²) in [6, 6.07) is 7.65. The molecule has 0 aliphatic rings. The Morgan fingerprint density at radius 1 is 1.40 bits per heavy atom. The Labute approximate surface area is 170 Å². The van der Waals surface area contributed by atoms with Crippen molar-refractivity contribution in [3.05, 3.63) is 47.0 Å². The molecule has 1 unspecified atom stereocenters. The molecule has 1 heterocycles. The number of aryl methyl sites for hydroxylation is 1. The smallest absolute Gasteiger partial charge is 0.191 e. The third-order valence-electron chi connectivity index (χ3n) is 3.49. The second kappa shape index (κ2) is 11.3. The fourth-order valence-corrected chi connectivity index (χ4v) is 2.39. The average Bonchev–Trinajstić information content (AvgIpc) is 2.98. The first-order valence-electron chi connectivity index (χ1n) is 7.77. The fraction of sp³-hybridized carbons (Fsp3) is 0.438. The molecule has 0 bridgehead atoms. The number of aliphatic imine (C=N–C) groups is 1. The molecule has 9 heteroatoms. The molecule has 2 aromatic rings. The van der Waals surface area contributed by atoms with E-state index in [-0.39, 0.29) is 30.1 Å². The highest BCUT2D eigenvalue weighted by molar-refractivity contribution is 14.0. The summed E-state index contributed by atoms with van der Waals surface area (Å²) in [5, 5.41) is 11.2. The lowest BCUT2D eigenvalue weighted by Gasteiger charge is -2.19. The summed E-state index contributed by atoms with van der Waals surface area (Å²) in [6.45, 7) is 3.80. The lowest BCUT2D eigenvalue weighted by atomic mass is 10.1. The van der Waals surface area contributed by atoms with Crippen LogP contribution >= 0.6 is 35.6 Å². The van der Waals surface area contributed by atoms with E-state index in [1.54, 1.807) is 11.8 Å². The van der Waals surface area contributed by atoms with E-state index in [0.29, 0.717) is 24.1 Å². The van der Waals surface area contributed by atoms with Gasteiger partial charge in [-0.2, -0.15) is 5.10 Å². The van der Waals surface area contributed by atoms with Crippen LogP contribution in [0.3, 0.4) is 0 Å². The van der Waals surface area contributed by atoms with Gasteiger partial charge >= 0.3 is 0 Å². The third kappa shape index (κ3) is 6.79. The second-order valence-corrected chi connectivity index (χ2v) is 5.59.